The summed E-state index contributed by atoms with van der Waals surface area (Å²) in [6.45, 7) is 4.35. The monoisotopic (exact) mass is 338 g/mol. The van der Waals surface area contributed by atoms with Crippen molar-refractivity contribution in [2.75, 3.05) is 11.4 Å². The number of carbonyl (C=O) groups is 1. The predicted molar refractivity (Wildman–Crippen MR) is 85.1 cm³/mol. The number of allylic oxidation sites excluding steroid dienone is 1. The smallest absolute Gasteiger partial charge is 0.265 e. The Morgan fingerprint density at radius 2 is 2.17 bits per heavy atom. The highest BCUT2D eigenvalue weighted by Gasteiger charge is 2.42. The summed E-state index contributed by atoms with van der Waals surface area (Å²) < 4.78 is 39.4. The normalized spacial score (nSPS) is 20.0. The minimum atomic E-state index is -4.03. The molecule has 0 aromatic heterocycles. The highest BCUT2D eigenvalue weighted by Crippen LogP contribution is 2.43. The molecule has 2 aliphatic rings. The van der Waals surface area contributed by atoms with Crippen LogP contribution in [0.2, 0.25) is 0 Å². The van der Waals surface area contributed by atoms with E-state index in [2.05, 4.69) is 5.32 Å². The fourth-order valence-electron chi connectivity index (χ4n) is 3.01. The zero-order valence-electron chi connectivity index (χ0n) is 13.1. The minimum Gasteiger partial charge on any atom is -0.349 e. The molecule has 23 heavy (non-hydrogen) atoms. The van der Waals surface area contributed by atoms with E-state index in [1.807, 2.05) is 18.7 Å². The minimum absolute atomic E-state index is 0.127. The predicted octanol–water partition coefficient (Wildman–Crippen LogP) is 2.34. The van der Waals surface area contributed by atoms with E-state index in [1.54, 1.807) is 0 Å². The Bertz CT molecular complexity index is 802. The Kier molecular flexibility index (Phi) is 3.91. The molecule has 1 aromatic rings. The van der Waals surface area contributed by atoms with Crippen LogP contribution in [-0.2, 0) is 14.6 Å². The van der Waals surface area contributed by atoms with Crippen molar-refractivity contribution >= 4 is 21.4 Å². The highest BCUT2D eigenvalue weighted by molar-refractivity contribution is 7.96. The third-order valence-corrected chi connectivity index (χ3v) is 6.21. The number of nitrogens with zero attached hydrogens (tertiary/aromatic N) is 1. The molecular weight excluding hydrogens is 319 g/mol. The summed E-state index contributed by atoms with van der Waals surface area (Å²) in [5.41, 5.74) is 0.976. The fourth-order valence-corrected chi connectivity index (χ4v) is 4.78. The largest absolute Gasteiger partial charge is 0.349 e. The summed E-state index contributed by atoms with van der Waals surface area (Å²) in [6.07, 6.45) is 1.99. The summed E-state index contributed by atoms with van der Waals surface area (Å²) in [6, 6.07) is 3.58. The highest BCUT2D eigenvalue weighted by atomic mass is 32.2. The SMILES string of the molecule is CC[C@@H](C)NC(=O)C1=C2CCCN2c2ccc(F)cc2S1(=O)=O. The van der Waals surface area contributed by atoms with Crippen molar-refractivity contribution in [2.24, 2.45) is 0 Å². The van der Waals surface area contributed by atoms with Gasteiger partial charge in [-0.15, -0.1) is 0 Å². The van der Waals surface area contributed by atoms with Gasteiger partial charge in [-0.3, -0.25) is 4.79 Å². The van der Waals surface area contributed by atoms with Gasteiger partial charge in [0, 0.05) is 18.3 Å². The number of carbonyl (C=O) groups excluding carboxylic acids is 1. The van der Waals surface area contributed by atoms with Gasteiger partial charge in [-0.25, -0.2) is 12.8 Å². The number of rotatable bonds is 3. The topological polar surface area (TPSA) is 66.5 Å². The second kappa shape index (κ2) is 5.63. The summed E-state index contributed by atoms with van der Waals surface area (Å²) in [5, 5.41) is 2.72. The lowest BCUT2D eigenvalue weighted by atomic mass is 10.2. The molecule has 1 N–H and O–H groups in total. The summed E-state index contributed by atoms with van der Waals surface area (Å²) >= 11 is 0. The maximum Gasteiger partial charge on any atom is 0.265 e. The van der Waals surface area contributed by atoms with E-state index >= 15 is 0 Å². The Morgan fingerprint density at radius 1 is 1.43 bits per heavy atom. The second-order valence-electron chi connectivity index (χ2n) is 5.93. The molecule has 0 unspecified atom stereocenters. The van der Waals surface area contributed by atoms with Crippen LogP contribution in [-0.4, -0.2) is 26.9 Å². The molecular formula is C16H19FN2O3S. The Labute approximate surface area is 135 Å². The maximum absolute atomic E-state index is 13.6. The van der Waals surface area contributed by atoms with E-state index in [9.17, 15) is 17.6 Å². The first-order valence-corrected chi connectivity index (χ1v) is 9.20. The van der Waals surface area contributed by atoms with E-state index in [4.69, 9.17) is 0 Å². The molecule has 0 saturated carbocycles. The second-order valence-corrected chi connectivity index (χ2v) is 7.78. The Balaban J connectivity index is 2.16. The molecule has 1 atom stereocenters. The van der Waals surface area contributed by atoms with E-state index in [1.165, 1.54) is 12.1 Å². The molecule has 1 fully saturated rings. The molecule has 0 bridgehead atoms. The molecule has 0 aliphatic carbocycles. The molecule has 124 valence electrons. The van der Waals surface area contributed by atoms with Gasteiger partial charge in [0.05, 0.1) is 10.6 Å². The number of benzene rings is 1. The Hall–Kier alpha value is -1.89. The molecule has 5 nitrogen and oxygen atoms in total. The zero-order valence-corrected chi connectivity index (χ0v) is 13.9. The van der Waals surface area contributed by atoms with Crippen molar-refractivity contribution in [3.8, 4) is 0 Å². The third-order valence-electron chi connectivity index (χ3n) is 4.35. The van der Waals surface area contributed by atoms with Crippen molar-refractivity contribution in [3.05, 3.63) is 34.6 Å². The van der Waals surface area contributed by atoms with E-state index in [0.717, 1.165) is 12.5 Å². The summed E-state index contributed by atoms with van der Waals surface area (Å²) in [7, 11) is -4.03. The van der Waals surface area contributed by atoms with Crippen LogP contribution in [0.25, 0.3) is 0 Å². The summed E-state index contributed by atoms with van der Waals surface area (Å²) in [4.78, 5) is 14.0. The van der Waals surface area contributed by atoms with Gasteiger partial charge in [0.2, 0.25) is 9.84 Å². The lowest BCUT2D eigenvalue weighted by Gasteiger charge is -2.30. The zero-order chi connectivity index (χ0) is 16.8. The molecule has 0 radical (unpaired) electrons. The summed E-state index contributed by atoms with van der Waals surface area (Å²) in [5.74, 6) is -1.23. The maximum atomic E-state index is 13.6. The van der Waals surface area contributed by atoms with Crippen LogP contribution < -0.4 is 10.2 Å². The molecule has 7 heteroatoms. The first kappa shape index (κ1) is 16.0. The molecule has 3 rings (SSSR count). The van der Waals surface area contributed by atoms with Gasteiger partial charge < -0.3 is 10.2 Å². The van der Waals surface area contributed by atoms with Crippen LogP contribution in [0.3, 0.4) is 0 Å². The Morgan fingerprint density at radius 3 is 2.87 bits per heavy atom. The van der Waals surface area contributed by atoms with Gasteiger partial charge in [-0.05, 0) is 44.4 Å². The van der Waals surface area contributed by atoms with Gasteiger partial charge in [0.1, 0.15) is 5.82 Å². The fraction of sp³-hybridized carbons (Fsp3) is 0.438. The molecule has 1 saturated heterocycles. The van der Waals surface area contributed by atoms with Crippen molar-refractivity contribution in [2.45, 2.75) is 44.0 Å². The number of hydrogen-bond donors (Lipinski definition) is 1. The van der Waals surface area contributed by atoms with Crippen LogP contribution in [0.1, 0.15) is 33.1 Å². The van der Waals surface area contributed by atoms with E-state index < -0.39 is 21.6 Å². The quantitative estimate of drug-likeness (QED) is 0.919. The lowest BCUT2D eigenvalue weighted by Crippen LogP contribution is -2.39. The van der Waals surface area contributed by atoms with Crippen LogP contribution in [0.4, 0.5) is 10.1 Å². The van der Waals surface area contributed by atoms with Crippen molar-refractivity contribution in [1.29, 1.82) is 0 Å². The molecule has 1 aromatic carbocycles. The van der Waals surface area contributed by atoms with Gasteiger partial charge in [0.25, 0.3) is 5.91 Å². The van der Waals surface area contributed by atoms with E-state index in [0.29, 0.717) is 30.8 Å². The molecule has 2 aliphatic heterocycles. The van der Waals surface area contributed by atoms with Gasteiger partial charge >= 0.3 is 0 Å². The first-order valence-electron chi connectivity index (χ1n) is 7.72. The molecule has 2 heterocycles. The number of anilines is 1. The number of halogens is 1. The number of amides is 1. The van der Waals surface area contributed by atoms with Crippen LogP contribution in [0.5, 0.6) is 0 Å². The third kappa shape index (κ3) is 2.52. The number of hydrogen-bond acceptors (Lipinski definition) is 4. The average molecular weight is 338 g/mol. The first-order chi connectivity index (χ1) is 10.9. The molecule has 1 amide bonds. The van der Waals surface area contributed by atoms with Gasteiger partial charge in [-0.1, -0.05) is 6.92 Å². The number of fused-ring (bicyclic) bond motifs is 3. The molecule has 0 spiro atoms. The van der Waals surface area contributed by atoms with E-state index in [-0.39, 0.29) is 15.8 Å². The van der Waals surface area contributed by atoms with Crippen LogP contribution in [0, 0.1) is 5.82 Å². The number of nitrogens with one attached hydrogen (secondary N) is 1. The van der Waals surface area contributed by atoms with Crippen molar-refractivity contribution in [1.82, 2.24) is 5.32 Å². The lowest BCUT2D eigenvalue weighted by molar-refractivity contribution is -0.117. The van der Waals surface area contributed by atoms with Crippen LogP contribution in [0.15, 0.2) is 33.7 Å². The average Bonchev–Trinajstić information content (AvgIpc) is 2.95. The van der Waals surface area contributed by atoms with Crippen molar-refractivity contribution < 1.29 is 17.6 Å². The van der Waals surface area contributed by atoms with Gasteiger partial charge in [-0.2, -0.15) is 0 Å². The van der Waals surface area contributed by atoms with Gasteiger partial charge in [0.15, 0.2) is 4.91 Å². The standard InChI is InChI=1S/C16H19FN2O3S/c1-3-10(2)18-16(20)15-13-5-4-8-19(13)12-7-6-11(17)9-14(12)23(15,21)22/h6-7,9-10H,3-5,8H2,1-2H3,(H,18,20)/t10-/m1/s1. The van der Waals surface area contributed by atoms with Crippen LogP contribution >= 0.6 is 0 Å². The van der Waals surface area contributed by atoms with Crippen molar-refractivity contribution in [3.63, 3.8) is 0 Å². The number of sulfone groups is 1.